The molecule has 1 unspecified atom stereocenters. The maximum Gasteiger partial charge on any atom is 0.226 e. The van der Waals surface area contributed by atoms with E-state index in [1.165, 1.54) is 6.92 Å². The zero-order chi connectivity index (χ0) is 17.5. The molecule has 0 saturated heterocycles. The largest absolute Gasteiger partial charge is 0.497 e. The topological polar surface area (TPSA) is 67.4 Å². The van der Waals surface area contributed by atoms with Crippen LogP contribution >= 0.6 is 11.6 Å². The van der Waals surface area contributed by atoms with Gasteiger partial charge in [-0.15, -0.1) is 0 Å². The van der Waals surface area contributed by atoms with E-state index in [9.17, 15) is 9.59 Å². The van der Waals surface area contributed by atoms with E-state index in [0.29, 0.717) is 16.5 Å². The number of methoxy groups -OCH3 is 1. The molecule has 0 fully saturated rings. The van der Waals surface area contributed by atoms with E-state index in [-0.39, 0.29) is 18.2 Å². The van der Waals surface area contributed by atoms with E-state index >= 15 is 0 Å². The van der Waals surface area contributed by atoms with Gasteiger partial charge in [0.2, 0.25) is 11.8 Å². The van der Waals surface area contributed by atoms with Crippen molar-refractivity contribution in [2.24, 2.45) is 0 Å². The second-order valence-corrected chi connectivity index (χ2v) is 5.73. The molecule has 24 heavy (non-hydrogen) atoms. The molecule has 0 aromatic heterocycles. The highest BCUT2D eigenvalue weighted by Crippen LogP contribution is 2.22. The first-order valence-electron chi connectivity index (χ1n) is 7.44. The summed E-state index contributed by atoms with van der Waals surface area (Å²) in [5.41, 5.74) is 1.44. The molecule has 126 valence electrons. The second-order valence-electron chi connectivity index (χ2n) is 5.29. The summed E-state index contributed by atoms with van der Waals surface area (Å²) < 4.78 is 5.12. The number of anilines is 1. The Morgan fingerprint density at radius 1 is 1.17 bits per heavy atom. The summed E-state index contributed by atoms with van der Waals surface area (Å²) in [6.07, 6.45) is 0.110. The van der Waals surface area contributed by atoms with E-state index in [0.717, 1.165) is 5.56 Å². The maximum absolute atomic E-state index is 12.3. The predicted molar refractivity (Wildman–Crippen MR) is 94.3 cm³/mol. The Balaban J connectivity index is 2.09. The van der Waals surface area contributed by atoms with Crippen molar-refractivity contribution in [1.29, 1.82) is 0 Å². The van der Waals surface area contributed by atoms with Crippen LogP contribution in [0.1, 0.15) is 24.9 Å². The first-order chi connectivity index (χ1) is 11.5. The van der Waals surface area contributed by atoms with Crippen LogP contribution in [-0.4, -0.2) is 18.9 Å². The summed E-state index contributed by atoms with van der Waals surface area (Å²) in [7, 11) is 1.58. The predicted octanol–water partition coefficient (Wildman–Crippen LogP) is 3.55. The molecule has 0 radical (unpaired) electrons. The number of rotatable bonds is 6. The van der Waals surface area contributed by atoms with Gasteiger partial charge in [0, 0.05) is 17.6 Å². The summed E-state index contributed by atoms with van der Waals surface area (Å²) in [6, 6.07) is 13.7. The third-order valence-corrected chi connectivity index (χ3v) is 3.63. The monoisotopic (exact) mass is 346 g/mol. The van der Waals surface area contributed by atoms with Gasteiger partial charge in [0.1, 0.15) is 5.75 Å². The van der Waals surface area contributed by atoms with Gasteiger partial charge in [0.25, 0.3) is 0 Å². The van der Waals surface area contributed by atoms with Crippen LogP contribution in [0, 0.1) is 0 Å². The fourth-order valence-corrected chi connectivity index (χ4v) is 2.49. The standard InChI is InChI=1S/C18H19ClN2O3/c1-12(22)20-17(13-6-8-16(24-2)9-7-13)11-18(23)21-15-5-3-4-14(19)10-15/h3-10,17H,11H2,1-2H3,(H,20,22)(H,21,23). The van der Waals surface area contributed by atoms with Gasteiger partial charge >= 0.3 is 0 Å². The fourth-order valence-electron chi connectivity index (χ4n) is 2.30. The van der Waals surface area contributed by atoms with Crippen LogP contribution in [-0.2, 0) is 9.59 Å². The minimum absolute atomic E-state index is 0.110. The Kier molecular flexibility index (Phi) is 6.21. The first kappa shape index (κ1) is 17.8. The Morgan fingerprint density at radius 3 is 2.46 bits per heavy atom. The van der Waals surface area contributed by atoms with Gasteiger partial charge in [0.15, 0.2) is 0 Å². The highest BCUT2D eigenvalue weighted by atomic mass is 35.5. The van der Waals surface area contributed by atoms with Crippen LogP contribution < -0.4 is 15.4 Å². The van der Waals surface area contributed by atoms with Gasteiger partial charge in [-0.3, -0.25) is 9.59 Å². The fraction of sp³-hybridized carbons (Fsp3) is 0.222. The average Bonchev–Trinajstić information content (AvgIpc) is 2.54. The highest BCUT2D eigenvalue weighted by Gasteiger charge is 2.17. The third-order valence-electron chi connectivity index (χ3n) is 3.39. The van der Waals surface area contributed by atoms with Gasteiger partial charge in [-0.2, -0.15) is 0 Å². The lowest BCUT2D eigenvalue weighted by molar-refractivity contribution is -0.120. The van der Waals surface area contributed by atoms with Crippen LogP contribution in [0.4, 0.5) is 5.69 Å². The molecule has 0 heterocycles. The Hall–Kier alpha value is -2.53. The summed E-state index contributed by atoms with van der Waals surface area (Å²) in [6.45, 7) is 1.42. The SMILES string of the molecule is COc1ccc(C(CC(=O)Nc2cccc(Cl)c2)NC(C)=O)cc1. The number of carbonyl (C=O) groups excluding carboxylic acids is 2. The van der Waals surface area contributed by atoms with Crippen LogP contribution in [0.5, 0.6) is 5.75 Å². The minimum atomic E-state index is -0.424. The van der Waals surface area contributed by atoms with E-state index in [2.05, 4.69) is 10.6 Å². The summed E-state index contributed by atoms with van der Waals surface area (Å²) >= 11 is 5.91. The summed E-state index contributed by atoms with van der Waals surface area (Å²) in [4.78, 5) is 23.7. The van der Waals surface area contributed by atoms with Crippen LogP contribution in [0.15, 0.2) is 48.5 Å². The van der Waals surface area contributed by atoms with Gasteiger partial charge in [-0.25, -0.2) is 0 Å². The van der Waals surface area contributed by atoms with Crippen LogP contribution in [0.2, 0.25) is 5.02 Å². The van der Waals surface area contributed by atoms with Crippen LogP contribution in [0.25, 0.3) is 0 Å². The summed E-state index contributed by atoms with van der Waals surface area (Å²) in [5.74, 6) is 0.293. The molecule has 2 rings (SSSR count). The smallest absolute Gasteiger partial charge is 0.226 e. The molecule has 6 heteroatoms. The molecule has 5 nitrogen and oxygen atoms in total. The number of carbonyl (C=O) groups is 2. The van der Waals surface area contributed by atoms with E-state index in [1.54, 1.807) is 43.5 Å². The molecule has 1 atom stereocenters. The number of hydrogen-bond donors (Lipinski definition) is 2. The van der Waals surface area contributed by atoms with Crippen molar-refractivity contribution in [3.05, 3.63) is 59.1 Å². The number of amides is 2. The van der Waals surface area contributed by atoms with Gasteiger partial charge in [-0.1, -0.05) is 29.8 Å². The number of nitrogens with one attached hydrogen (secondary N) is 2. The van der Waals surface area contributed by atoms with Crippen molar-refractivity contribution < 1.29 is 14.3 Å². The Bertz CT molecular complexity index is 716. The first-order valence-corrected chi connectivity index (χ1v) is 7.82. The van der Waals surface area contributed by atoms with E-state index in [1.807, 2.05) is 12.1 Å². The van der Waals surface area contributed by atoms with E-state index < -0.39 is 6.04 Å². The number of hydrogen-bond acceptors (Lipinski definition) is 3. The molecule has 0 aliphatic rings. The third kappa shape index (κ3) is 5.28. The van der Waals surface area contributed by atoms with Gasteiger partial charge < -0.3 is 15.4 Å². The molecule has 2 aromatic carbocycles. The van der Waals surface area contributed by atoms with Crippen molar-refractivity contribution in [2.75, 3.05) is 12.4 Å². The lowest BCUT2D eigenvalue weighted by Gasteiger charge is -2.18. The number of ether oxygens (including phenoxy) is 1. The average molecular weight is 347 g/mol. The van der Waals surface area contributed by atoms with Crippen molar-refractivity contribution >= 4 is 29.1 Å². The second kappa shape index (κ2) is 8.36. The molecule has 0 spiro atoms. The molecule has 0 saturated carbocycles. The molecule has 0 aliphatic heterocycles. The normalized spacial score (nSPS) is 11.5. The molecule has 2 aromatic rings. The number of benzene rings is 2. The molecule has 0 aliphatic carbocycles. The van der Waals surface area contributed by atoms with E-state index in [4.69, 9.17) is 16.3 Å². The van der Waals surface area contributed by atoms with Crippen molar-refractivity contribution in [3.8, 4) is 5.75 Å². The van der Waals surface area contributed by atoms with Crippen molar-refractivity contribution in [1.82, 2.24) is 5.32 Å². The number of halogens is 1. The maximum atomic E-state index is 12.3. The molecular weight excluding hydrogens is 328 g/mol. The van der Waals surface area contributed by atoms with Crippen LogP contribution in [0.3, 0.4) is 0 Å². The van der Waals surface area contributed by atoms with Gasteiger partial charge in [-0.05, 0) is 35.9 Å². The molecule has 0 bridgehead atoms. The lowest BCUT2D eigenvalue weighted by Crippen LogP contribution is -2.29. The quantitative estimate of drug-likeness (QED) is 0.840. The zero-order valence-electron chi connectivity index (χ0n) is 13.5. The zero-order valence-corrected chi connectivity index (χ0v) is 14.3. The Labute approximate surface area is 146 Å². The van der Waals surface area contributed by atoms with Crippen molar-refractivity contribution in [2.45, 2.75) is 19.4 Å². The minimum Gasteiger partial charge on any atom is -0.497 e. The Morgan fingerprint density at radius 2 is 1.88 bits per heavy atom. The highest BCUT2D eigenvalue weighted by molar-refractivity contribution is 6.30. The molecular formula is C18H19ClN2O3. The van der Waals surface area contributed by atoms with Gasteiger partial charge in [0.05, 0.1) is 19.6 Å². The van der Waals surface area contributed by atoms with Crippen molar-refractivity contribution in [3.63, 3.8) is 0 Å². The molecule has 2 amide bonds. The summed E-state index contributed by atoms with van der Waals surface area (Å²) in [5, 5.41) is 6.12. The lowest BCUT2D eigenvalue weighted by atomic mass is 10.0. The molecule has 2 N–H and O–H groups in total.